The summed E-state index contributed by atoms with van der Waals surface area (Å²) in [5.74, 6) is -0.125. The quantitative estimate of drug-likeness (QED) is 0.386. The number of benzene rings is 2. The summed E-state index contributed by atoms with van der Waals surface area (Å²) in [5.41, 5.74) is 0.869. The summed E-state index contributed by atoms with van der Waals surface area (Å²) in [5, 5.41) is 0.270. The van der Waals surface area contributed by atoms with Gasteiger partial charge in [-0.3, -0.25) is 0 Å². The number of halogens is 3. The third-order valence-corrected chi connectivity index (χ3v) is 7.97. The predicted octanol–water partition coefficient (Wildman–Crippen LogP) is 8.87. The minimum Gasteiger partial charge on any atom is -0.206 e. The number of aryl methyl sites for hydroxylation is 1. The van der Waals surface area contributed by atoms with E-state index in [-0.39, 0.29) is 16.9 Å². The van der Waals surface area contributed by atoms with Crippen LogP contribution in [0, 0.1) is 35.2 Å². The molecule has 0 amide bonds. The van der Waals surface area contributed by atoms with Gasteiger partial charge in [-0.1, -0.05) is 50.8 Å². The first-order valence-electron chi connectivity index (χ1n) is 12.2. The van der Waals surface area contributed by atoms with Gasteiger partial charge in [0, 0.05) is 0 Å². The predicted molar refractivity (Wildman–Crippen MR) is 123 cm³/mol. The van der Waals surface area contributed by atoms with Crippen molar-refractivity contribution >= 4 is 10.8 Å². The summed E-state index contributed by atoms with van der Waals surface area (Å²) >= 11 is 0. The van der Waals surface area contributed by atoms with Crippen LogP contribution in [0.5, 0.6) is 0 Å². The normalized spacial score (nSPS) is 26.1. The SMILES string of the molecule is C=CCCc1cc2ccc(C3CCC4CC(CCCC)CCC4C3)c(F)c2c(F)c1F. The molecule has 31 heavy (non-hydrogen) atoms. The maximum atomic E-state index is 15.5. The molecule has 2 aromatic carbocycles. The zero-order valence-electron chi connectivity index (χ0n) is 18.7. The van der Waals surface area contributed by atoms with Gasteiger partial charge in [0.15, 0.2) is 11.6 Å². The molecule has 0 saturated heterocycles. The molecular formula is C28H35F3. The van der Waals surface area contributed by atoms with E-state index in [0.717, 1.165) is 31.1 Å². The Labute approximate surface area is 184 Å². The highest BCUT2D eigenvalue weighted by Crippen LogP contribution is 2.49. The van der Waals surface area contributed by atoms with Gasteiger partial charge in [-0.05, 0) is 91.2 Å². The third-order valence-electron chi connectivity index (χ3n) is 7.97. The van der Waals surface area contributed by atoms with E-state index in [1.165, 1.54) is 38.5 Å². The van der Waals surface area contributed by atoms with Gasteiger partial charge >= 0.3 is 0 Å². The smallest absolute Gasteiger partial charge is 0.169 e. The second-order valence-corrected chi connectivity index (χ2v) is 9.91. The van der Waals surface area contributed by atoms with Crippen molar-refractivity contribution in [3.63, 3.8) is 0 Å². The van der Waals surface area contributed by atoms with Crippen LogP contribution in [0.1, 0.15) is 88.2 Å². The molecule has 0 heterocycles. The average Bonchev–Trinajstić information content (AvgIpc) is 2.78. The first-order chi connectivity index (χ1) is 15.0. The second kappa shape index (κ2) is 9.79. The number of rotatable bonds is 7. The van der Waals surface area contributed by atoms with E-state index in [4.69, 9.17) is 0 Å². The van der Waals surface area contributed by atoms with E-state index in [1.54, 1.807) is 18.2 Å². The molecule has 2 aliphatic rings. The Morgan fingerprint density at radius 1 is 0.968 bits per heavy atom. The van der Waals surface area contributed by atoms with Crippen molar-refractivity contribution in [2.24, 2.45) is 17.8 Å². The fraction of sp³-hybridized carbons (Fsp3) is 0.571. The largest absolute Gasteiger partial charge is 0.206 e. The minimum absolute atomic E-state index is 0.112. The molecule has 4 atom stereocenters. The monoisotopic (exact) mass is 428 g/mol. The van der Waals surface area contributed by atoms with Crippen molar-refractivity contribution in [3.05, 3.63) is 59.4 Å². The van der Waals surface area contributed by atoms with Gasteiger partial charge in [0.1, 0.15) is 5.82 Å². The summed E-state index contributed by atoms with van der Waals surface area (Å²) in [4.78, 5) is 0. The molecule has 2 saturated carbocycles. The van der Waals surface area contributed by atoms with E-state index in [1.807, 2.05) is 6.07 Å². The zero-order valence-corrected chi connectivity index (χ0v) is 18.7. The highest BCUT2D eigenvalue weighted by atomic mass is 19.2. The Kier molecular flexibility index (Phi) is 7.08. The molecule has 0 aromatic heterocycles. The molecule has 0 bridgehead atoms. The molecule has 3 heteroatoms. The summed E-state index contributed by atoms with van der Waals surface area (Å²) < 4.78 is 44.9. The number of fused-ring (bicyclic) bond motifs is 2. The van der Waals surface area contributed by atoms with Gasteiger partial charge < -0.3 is 0 Å². The van der Waals surface area contributed by atoms with Crippen molar-refractivity contribution in [1.29, 1.82) is 0 Å². The highest BCUT2D eigenvalue weighted by Gasteiger charge is 2.36. The van der Waals surface area contributed by atoms with E-state index >= 15 is 4.39 Å². The lowest BCUT2D eigenvalue weighted by Crippen LogP contribution is -2.30. The zero-order chi connectivity index (χ0) is 22.0. The molecule has 0 radical (unpaired) electrons. The lowest BCUT2D eigenvalue weighted by atomic mass is 9.63. The Morgan fingerprint density at radius 3 is 2.52 bits per heavy atom. The standard InChI is InChI=1S/C28H35F3/c1-3-5-7-18-9-10-20-16-21(12-11-19(20)15-18)24-14-13-22-17-23(8-6-4-2)26(29)28(31)25(22)27(24)30/h4,13-14,17-21H,2-3,5-12,15-16H2,1H3. The average molecular weight is 429 g/mol. The van der Waals surface area contributed by atoms with Gasteiger partial charge in [0.2, 0.25) is 0 Å². The number of unbranched alkanes of at least 4 members (excludes halogenated alkanes) is 1. The lowest BCUT2D eigenvalue weighted by molar-refractivity contribution is 0.113. The van der Waals surface area contributed by atoms with E-state index in [9.17, 15) is 8.78 Å². The van der Waals surface area contributed by atoms with Crippen molar-refractivity contribution in [2.45, 2.75) is 83.5 Å². The van der Waals surface area contributed by atoms with Crippen LogP contribution in [0.15, 0.2) is 30.9 Å². The number of hydrogen-bond acceptors (Lipinski definition) is 0. The van der Waals surface area contributed by atoms with Gasteiger partial charge in [0.05, 0.1) is 5.39 Å². The minimum atomic E-state index is -1.04. The van der Waals surface area contributed by atoms with Crippen molar-refractivity contribution in [2.75, 3.05) is 0 Å². The summed E-state index contributed by atoms with van der Waals surface area (Å²) in [6, 6.07) is 5.20. The van der Waals surface area contributed by atoms with Gasteiger partial charge in [0.25, 0.3) is 0 Å². The Bertz CT molecular complexity index is 932. The molecule has 168 valence electrons. The van der Waals surface area contributed by atoms with Crippen LogP contribution in [0.4, 0.5) is 13.2 Å². The first-order valence-corrected chi connectivity index (χ1v) is 12.2. The summed E-state index contributed by atoms with van der Waals surface area (Å²) in [6.45, 7) is 5.89. The van der Waals surface area contributed by atoms with Crippen LogP contribution in [-0.4, -0.2) is 0 Å². The molecule has 2 aromatic rings. The van der Waals surface area contributed by atoms with Crippen molar-refractivity contribution in [3.8, 4) is 0 Å². The van der Waals surface area contributed by atoms with Gasteiger partial charge in [-0.2, -0.15) is 0 Å². The molecule has 2 fully saturated rings. The summed E-state index contributed by atoms with van der Waals surface area (Å²) in [6.07, 6.45) is 13.5. The maximum absolute atomic E-state index is 15.5. The fourth-order valence-electron chi connectivity index (χ4n) is 6.23. The molecule has 4 unspecified atom stereocenters. The first kappa shape index (κ1) is 22.4. The molecule has 0 spiro atoms. The molecule has 0 nitrogen and oxygen atoms in total. The van der Waals surface area contributed by atoms with E-state index in [0.29, 0.717) is 29.7 Å². The van der Waals surface area contributed by atoms with Crippen LogP contribution >= 0.6 is 0 Å². The van der Waals surface area contributed by atoms with Crippen molar-refractivity contribution < 1.29 is 13.2 Å². The number of hydrogen-bond donors (Lipinski definition) is 0. The molecule has 0 aliphatic heterocycles. The Hall–Kier alpha value is -1.77. The second-order valence-electron chi connectivity index (χ2n) is 9.91. The van der Waals surface area contributed by atoms with Crippen LogP contribution in [0.3, 0.4) is 0 Å². The topological polar surface area (TPSA) is 0 Å². The molecule has 2 aliphatic carbocycles. The lowest BCUT2D eigenvalue weighted by Gasteiger charge is -2.42. The summed E-state index contributed by atoms with van der Waals surface area (Å²) in [7, 11) is 0. The van der Waals surface area contributed by atoms with E-state index < -0.39 is 17.5 Å². The molecule has 4 rings (SSSR count). The van der Waals surface area contributed by atoms with Crippen LogP contribution in [-0.2, 0) is 6.42 Å². The maximum Gasteiger partial charge on any atom is 0.169 e. The molecule has 0 N–H and O–H groups in total. The van der Waals surface area contributed by atoms with Gasteiger partial charge in [-0.15, -0.1) is 6.58 Å². The Morgan fingerprint density at radius 2 is 1.74 bits per heavy atom. The van der Waals surface area contributed by atoms with Crippen LogP contribution in [0.25, 0.3) is 10.8 Å². The Balaban J connectivity index is 1.55. The third kappa shape index (κ3) is 4.56. The van der Waals surface area contributed by atoms with Crippen LogP contribution in [0.2, 0.25) is 0 Å². The van der Waals surface area contributed by atoms with Crippen molar-refractivity contribution in [1.82, 2.24) is 0 Å². The number of allylic oxidation sites excluding steroid dienone is 1. The fourth-order valence-corrected chi connectivity index (χ4v) is 6.23. The molecular weight excluding hydrogens is 393 g/mol. The van der Waals surface area contributed by atoms with E-state index in [2.05, 4.69) is 13.5 Å². The van der Waals surface area contributed by atoms with Crippen LogP contribution < -0.4 is 0 Å². The highest BCUT2D eigenvalue weighted by molar-refractivity contribution is 5.85. The van der Waals surface area contributed by atoms with Gasteiger partial charge in [-0.25, -0.2) is 13.2 Å².